The van der Waals surface area contributed by atoms with Gasteiger partial charge in [-0.05, 0) is 33.4 Å². The van der Waals surface area contributed by atoms with Crippen molar-refractivity contribution >= 4 is 11.6 Å². The van der Waals surface area contributed by atoms with E-state index < -0.39 is 5.54 Å². The minimum Gasteiger partial charge on any atom is -0.478 e. The van der Waals surface area contributed by atoms with Crippen LogP contribution < -0.4 is 15.4 Å². The van der Waals surface area contributed by atoms with Gasteiger partial charge in [0.1, 0.15) is 0 Å². The molecule has 2 N–H and O–H groups in total. The van der Waals surface area contributed by atoms with Gasteiger partial charge < -0.3 is 15.4 Å². The van der Waals surface area contributed by atoms with Crippen LogP contribution in [-0.4, -0.2) is 29.6 Å². The first kappa shape index (κ1) is 14.4. The van der Waals surface area contributed by atoms with Crippen molar-refractivity contribution in [3.63, 3.8) is 0 Å². The van der Waals surface area contributed by atoms with Crippen LogP contribution in [0.4, 0.5) is 5.69 Å². The van der Waals surface area contributed by atoms with E-state index in [1.165, 1.54) is 0 Å². The number of hydrogen-bond donors (Lipinski definition) is 2. The van der Waals surface area contributed by atoms with Crippen LogP contribution in [0.1, 0.15) is 27.7 Å². The summed E-state index contributed by atoms with van der Waals surface area (Å²) < 4.78 is 5.24. The fourth-order valence-corrected chi connectivity index (χ4v) is 1.50. The molecule has 0 fully saturated rings. The number of likely N-dealkylation sites (N-methyl/N-ethyl adjacent to an activating group) is 1. The Hall–Kier alpha value is -1.62. The van der Waals surface area contributed by atoms with E-state index in [9.17, 15) is 4.79 Å². The maximum atomic E-state index is 12.0. The number of carbonyl (C=O) groups excluding carboxylic acids is 1. The molecule has 1 aromatic heterocycles. The van der Waals surface area contributed by atoms with Gasteiger partial charge in [-0.3, -0.25) is 4.79 Å². The van der Waals surface area contributed by atoms with Crippen molar-refractivity contribution in [3.8, 4) is 5.88 Å². The Balaban J connectivity index is 2.64. The van der Waals surface area contributed by atoms with E-state index in [2.05, 4.69) is 15.6 Å². The first-order valence-electron chi connectivity index (χ1n) is 6.15. The summed E-state index contributed by atoms with van der Waals surface area (Å²) >= 11 is 0. The average Bonchev–Trinajstić information content (AvgIpc) is 2.32. The van der Waals surface area contributed by atoms with Gasteiger partial charge in [0, 0.05) is 6.07 Å². The van der Waals surface area contributed by atoms with Gasteiger partial charge in [-0.15, -0.1) is 0 Å². The summed E-state index contributed by atoms with van der Waals surface area (Å²) in [7, 11) is 0. The van der Waals surface area contributed by atoms with Gasteiger partial charge in [0.2, 0.25) is 11.8 Å². The topological polar surface area (TPSA) is 63.2 Å². The molecule has 5 heteroatoms. The zero-order valence-corrected chi connectivity index (χ0v) is 11.4. The molecule has 0 saturated heterocycles. The summed E-state index contributed by atoms with van der Waals surface area (Å²) in [5.41, 5.74) is 0.0577. The van der Waals surface area contributed by atoms with Crippen LogP contribution in [0.5, 0.6) is 5.88 Å². The van der Waals surface area contributed by atoms with Crippen molar-refractivity contribution in [2.45, 2.75) is 33.2 Å². The number of amides is 1. The standard InChI is InChI=1S/C13H21N3O2/c1-5-15-13(3,4)12(17)16-10-7-8-11(14-9-10)18-6-2/h7-9,15H,5-6H2,1-4H3,(H,16,17). The molecule has 1 rings (SSSR count). The number of anilines is 1. The van der Waals surface area contributed by atoms with E-state index in [-0.39, 0.29) is 5.91 Å². The summed E-state index contributed by atoms with van der Waals surface area (Å²) in [6.07, 6.45) is 1.59. The number of rotatable bonds is 6. The molecule has 0 bridgehead atoms. The monoisotopic (exact) mass is 251 g/mol. The highest BCUT2D eigenvalue weighted by atomic mass is 16.5. The Bertz CT molecular complexity index is 388. The van der Waals surface area contributed by atoms with E-state index in [0.717, 1.165) is 6.54 Å². The van der Waals surface area contributed by atoms with Crippen LogP contribution in [0, 0.1) is 0 Å². The van der Waals surface area contributed by atoms with Crippen molar-refractivity contribution in [2.75, 3.05) is 18.5 Å². The molecule has 1 heterocycles. The lowest BCUT2D eigenvalue weighted by Crippen LogP contribution is -2.49. The van der Waals surface area contributed by atoms with Gasteiger partial charge in [-0.2, -0.15) is 0 Å². The normalized spacial score (nSPS) is 11.1. The molecule has 0 aromatic carbocycles. The molecule has 0 spiro atoms. The van der Waals surface area contributed by atoms with Gasteiger partial charge in [0.15, 0.2) is 0 Å². The van der Waals surface area contributed by atoms with Crippen LogP contribution in [0.2, 0.25) is 0 Å². The van der Waals surface area contributed by atoms with Crippen molar-refractivity contribution in [1.82, 2.24) is 10.3 Å². The second-order valence-electron chi connectivity index (χ2n) is 4.43. The highest BCUT2D eigenvalue weighted by molar-refractivity contribution is 5.97. The molecular formula is C13H21N3O2. The third-order valence-electron chi connectivity index (χ3n) is 2.47. The maximum Gasteiger partial charge on any atom is 0.244 e. The SMILES string of the molecule is CCNC(C)(C)C(=O)Nc1ccc(OCC)nc1. The summed E-state index contributed by atoms with van der Waals surface area (Å²) in [4.78, 5) is 16.1. The minimum absolute atomic E-state index is 0.0877. The van der Waals surface area contributed by atoms with E-state index >= 15 is 0 Å². The minimum atomic E-state index is -0.604. The molecule has 18 heavy (non-hydrogen) atoms. The largest absolute Gasteiger partial charge is 0.478 e. The predicted octanol–water partition coefficient (Wildman–Crippen LogP) is 1.81. The highest BCUT2D eigenvalue weighted by Gasteiger charge is 2.26. The molecule has 0 saturated carbocycles. The van der Waals surface area contributed by atoms with Crippen molar-refractivity contribution in [2.24, 2.45) is 0 Å². The van der Waals surface area contributed by atoms with Gasteiger partial charge in [-0.1, -0.05) is 6.92 Å². The molecule has 0 unspecified atom stereocenters. The molecule has 100 valence electrons. The predicted molar refractivity (Wildman–Crippen MR) is 71.8 cm³/mol. The van der Waals surface area contributed by atoms with Crippen LogP contribution in [0.25, 0.3) is 0 Å². The van der Waals surface area contributed by atoms with Gasteiger partial charge >= 0.3 is 0 Å². The number of ether oxygens (including phenoxy) is 1. The lowest BCUT2D eigenvalue weighted by atomic mass is 10.0. The van der Waals surface area contributed by atoms with Gasteiger partial charge in [0.25, 0.3) is 0 Å². The Labute approximate surface area is 108 Å². The molecular weight excluding hydrogens is 230 g/mol. The number of pyridine rings is 1. The van der Waals surface area contributed by atoms with Crippen molar-refractivity contribution in [1.29, 1.82) is 0 Å². The highest BCUT2D eigenvalue weighted by Crippen LogP contribution is 2.13. The third-order valence-corrected chi connectivity index (χ3v) is 2.47. The van der Waals surface area contributed by atoms with E-state index in [1.54, 1.807) is 18.3 Å². The number of nitrogens with one attached hydrogen (secondary N) is 2. The van der Waals surface area contributed by atoms with Crippen molar-refractivity contribution in [3.05, 3.63) is 18.3 Å². The van der Waals surface area contributed by atoms with Crippen LogP contribution in [0.15, 0.2) is 18.3 Å². The van der Waals surface area contributed by atoms with Crippen LogP contribution in [0.3, 0.4) is 0 Å². The summed E-state index contributed by atoms with van der Waals surface area (Å²) in [5, 5.41) is 5.93. The fourth-order valence-electron chi connectivity index (χ4n) is 1.50. The van der Waals surface area contributed by atoms with Crippen LogP contribution >= 0.6 is 0 Å². The molecule has 0 radical (unpaired) electrons. The summed E-state index contributed by atoms with van der Waals surface area (Å²) in [6.45, 7) is 8.86. The second kappa shape index (κ2) is 6.35. The molecule has 1 aromatic rings. The van der Waals surface area contributed by atoms with Crippen LogP contribution in [-0.2, 0) is 4.79 Å². The Morgan fingerprint density at radius 2 is 2.11 bits per heavy atom. The van der Waals surface area contributed by atoms with Crippen molar-refractivity contribution < 1.29 is 9.53 Å². The summed E-state index contributed by atoms with van der Waals surface area (Å²) in [5.74, 6) is 0.469. The quantitative estimate of drug-likeness (QED) is 0.809. The first-order chi connectivity index (χ1) is 8.49. The van der Waals surface area contributed by atoms with Gasteiger partial charge in [-0.25, -0.2) is 4.98 Å². The molecule has 0 aliphatic heterocycles. The fraction of sp³-hybridized carbons (Fsp3) is 0.538. The smallest absolute Gasteiger partial charge is 0.244 e. The summed E-state index contributed by atoms with van der Waals surface area (Å²) in [6, 6.07) is 3.51. The first-order valence-corrected chi connectivity index (χ1v) is 6.15. The number of hydrogen-bond acceptors (Lipinski definition) is 4. The maximum absolute atomic E-state index is 12.0. The lowest BCUT2D eigenvalue weighted by Gasteiger charge is -2.24. The Morgan fingerprint density at radius 1 is 1.39 bits per heavy atom. The van der Waals surface area contributed by atoms with E-state index in [4.69, 9.17) is 4.74 Å². The number of nitrogens with zero attached hydrogens (tertiary/aromatic N) is 1. The molecule has 1 amide bonds. The lowest BCUT2D eigenvalue weighted by molar-refractivity contribution is -0.121. The Kier molecular flexibility index (Phi) is 5.09. The van der Waals surface area contributed by atoms with E-state index in [0.29, 0.717) is 18.2 Å². The Morgan fingerprint density at radius 3 is 2.61 bits per heavy atom. The molecule has 0 aliphatic rings. The second-order valence-corrected chi connectivity index (χ2v) is 4.43. The molecule has 0 atom stereocenters. The number of aromatic nitrogens is 1. The zero-order valence-electron chi connectivity index (χ0n) is 11.4. The average molecular weight is 251 g/mol. The number of carbonyl (C=O) groups is 1. The third kappa shape index (κ3) is 4.00. The molecule has 0 aliphatic carbocycles. The van der Waals surface area contributed by atoms with Gasteiger partial charge in [0.05, 0.1) is 24.0 Å². The molecule has 5 nitrogen and oxygen atoms in total. The van der Waals surface area contributed by atoms with E-state index in [1.807, 2.05) is 27.7 Å². The zero-order chi connectivity index (χ0) is 13.6.